The fourth-order valence-electron chi connectivity index (χ4n) is 4.80. The summed E-state index contributed by atoms with van der Waals surface area (Å²) in [4.78, 5) is 42.8. The molecule has 0 rings (SSSR count). The minimum absolute atomic E-state index is 0.0608. The van der Waals surface area contributed by atoms with Crippen molar-refractivity contribution in [3.05, 3.63) is 97.2 Å². The van der Waals surface area contributed by atoms with Gasteiger partial charge in [-0.1, -0.05) is 124 Å². The molecule has 0 saturated heterocycles. The smallest absolute Gasteiger partial charge is 0.462 e. The Kier molecular flexibility index (Phi) is 34.7. The van der Waals surface area contributed by atoms with E-state index in [0.717, 1.165) is 77.0 Å². The topological polar surface area (TPSA) is 160 Å². The minimum atomic E-state index is -4.84. The zero-order valence-corrected chi connectivity index (χ0v) is 33.7. The van der Waals surface area contributed by atoms with Crippen molar-refractivity contribution in [2.24, 2.45) is 0 Å². The summed E-state index contributed by atoms with van der Waals surface area (Å²) in [5.74, 6) is -1.21. The number of ether oxygens (including phenoxy) is 2. The summed E-state index contributed by atoms with van der Waals surface area (Å²) < 4.78 is 26.2. The molecular weight excluding hydrogens is 707 g/mol. The maximum Gasteiger partial charge on any atom is 0.469 e. The summed E-state index contributed by atoms with van der Waals surface area (Å²) >= 11 is 0. The van der Waals surface area contributed by atoms with Crippen molar-refractivity contribution in [1.29, 1.82) is 0 Å². The number of phosphoric ester groups is 1. The van der Waals surface area contributed by atoms with Gasteiger partial charge in [-0.25, -0.2) is 4.57 Å². The van der Waals surface area contributed by atoms with E-state index < -0.39 is 51.3 Å². The number of carbonyl (C=O) groups excluding carboxylic acids is 2. The third-order valence-electron chi connectivity index (χ3n) is 7.80. The molecule has 0 radical (unpaired) electrons. The van der Waals surface area contributed by atoms with Gasteiger partial charge in [-0.3, -0.25) is 14.1 Å². The lowest BCUT2D eigenvalue weighted by Crippen LogP contribution is -2.29. The van der Waals surface area contributed by atoms with Crippen molar-refractivity contribution >= 4 is 19.8 Å². The summed E-state index contributed by atoms with van der Waals surface area (Å²) in [5.41, 5.74) is 0. The van der Waals surface area contributed by atoms with Gasteiger partial charge in [-0.2, -0.15) is 0 Å². The fraction of sp³-hybridized carbons (Fsp3) is 0.581. The highest BCUT2D eigenvalue weighted by Gasteiger charge is 2.23. The average Bonchev–Trinajstić information content (AvgIpc) is 3.13. The number of carbonyl (C=O) groups is 2. The fourth-order valence-corrected chi connectivity index (χ4v) is 5.16. The van der Waals surface area contributed by atoms with Crippen molar-refractivity contribution in [3.8, 4) is 0 Å². The molecule has 306 valence electrons. The summed E-state index contributed by atoms with van der Waals surface area (Å²) in [6, 6.07) is 0. The molecule has 54 heavy (non-hydrogen) atoms. The normalized spacial score (nSPS) is 14.7. The first-order valence-electron chi connectivity index (χ1n) is 19.7. The van der Waals surface area contributed by atoms with Crippen LogP contribution in [0.4, 0.5) is 0 Å². The first kappa shape index (κ1) is 50.9. The molecule has 0 aromatic rings. The Balaban J connectivity index is 4.27. The number of aliphatic hydroxyl groups is 2. The Bertz CT molecular complexity index is 1220. The number of allylic oxidation sites excluding steroid dienone is 15. The molecule has 0 amide bonds. The molecule has 10 nitrogen and oxygen atoms in total. The molecule has 4 N–H and O–H groups in total. The van der Waals surface area contributed by atoms with E-state index in [4.69, 9.17) is 19.3 Å². The number of rotatable bonds is 34. The molecule has 0 fully saturated rings. The van der Waals surface area contributed by atoms with Crippen LogP contribution in [0.1, 0.15) is 129 Å². The van der Waals surface area contributed by atoms with Crippen LogP contribution in [-0.4, -0.2) is 63.5 Å². The Morgan fingerprint density at radius 2 is 1.02 bits per heavy atom. The van der Waals surface area contributed by atoms with E-state index in [0.29, 0.717) is 6.42 Å². The Morgan fingerprint density at radius 3 is 1.54 bits per heavy atom. The van der Waals surface area contributed by atoms with Crippen molar-refractivity contribution in [3.63, 3.8) is 0 Å². The van der Waals surface area contributed by atoms with Gasteiger partial charge in [0.1, 0.15) is 6.61 Å². The van der Waals surface area contributed by atoms with Crippen LogP contribution in [0.25, 0.3) is 0 Å². The van der Waals surface area contributed by atoms with Crippen LogP contribution in [0.5, 0.6) is 0 Å². The predicted octanol–water partition coefficient (Wildman–Crippen LogP) is 9.78. The van der Waals surface area contributed by atoms with Crippen LogP contribution >= 0.6 is 7.82 Å². The third-order valence-corrected chi connectivity index (χ3v) is 8.28. The van der Waals surface area contributed by atoms with Crippen LogP contribution in [0.15, 0.2) is 97.2 Å². The molecule has 0 heterocycles. The lowest BCUT2D eigenvalue weighted by atomic mass is 10.0. The quantitative estimate of drug-likeness (QED) is 0.0214. The largest absolute Gasteiger partial charge is 0.469 e. The van der Waals surface area contributed by atoms with Gasteiger partial charge < -0.3 is 29.5 Å². The van der Waals surface area contributed by atoms with E-state index in [1.807, 2.05) is 18.2 Å². The lowest BCUT2D eigenvalue weighted by Gasteiger charge is -2.19. The van der Waals surface area contributed by atoms with Gasteiger partial charge in [0, 0.05) is 12.8 Å². The van der Waals surface area contributed by atoms with Gasteiger partial charge in [0.15, 0.2) is 6.10 Å². The Labute approximate surface area is 325 Å². The molecule has 0 aliphatic heterocycles. The second kappa shape index (κ2) is 36.8. The standard InChI is InChI=1S/C43H69O10P/c1-3-5-7-9-11-13-15-17-18-19-20-21-23-25-27-29-31-35-43(47)53-39(38-52-54(48,49)50)37-51-42(46)36-32-34-41(45)40(44)33-30-28-26-24-22-16-14-12-10-8-6-4-2/h5-8,11-14,17-18,20-22,24,28,30,39-41,44-45H,3-4,9-10,15-16,19,23,25-27,29,31-38H2,1-2H3,(H2,48,49,50)/b7-5-,8-6-,13-11-,14-12-,18-17-,21-20-,24-22-,30-28-/t39-,40+,41+/m1/s1. The van der Waals surface area contributed by atoms with Gasteiger partial charge >= 0.3 is 19.8 Å². The molecule has 0 aliphatic rings. The molecule has 0 aromatic carbocycles. The summed E-state index contributed by atoms with van der Waals surface area (Å²) in [7, 11) is -4.84. The van der Waals surface area contributed by atoms with Crippen LogP contribution in [0, 0.1) is 0 Å². The van der Waals surface area contributed by atoms with Gasteiger partial charge in [-0.05, 0) is 89.9 Å². The van der Waals surface area contributed by atoms with E-state index in [1.54, 1.807) is 0 Å². The van der Waals surface area contributed by atoms with E-state index in [-0.39, 0.29) is 32.1 Å². The molecule has 0 saturated carbocycles. The maximum atomic E-state index is 12.4. The number of hydrogen-bond acceptors (Lipinski definition) is 8. The highest BCUT2D eigenvalue weighted by molar-refractivity contribution is 7.46. The minimum Gasteiger partial charge on any atom is -0.462 e. The van der Waals surface area contributed by atoms with Gasteiger partial charge in [0.05, 0.1) is 18.8 Å². The van der Waals surface area contributed by atoms with Crippen LogP contribution in [-0.2, 0) is 28.2 Å². The molecule has 0 bridgehead atoms. The number of esters is 2. The van der Waals surface area contributed by atoms with E-state index in [9.17, 15) is 24.4 Å². The number of hydrogen-bond donors (Lipinski definition) is 4. The van der Waals surface area contributed by atoms with Crippen LogP contribution in [0.3, 0.4) is 0 Å². The Morgan fingerprint density at radius 1 is 0.556 bits per heavy atom. The molecule has 3 atom stereocenters. The molecule has 11 heteroatoms. The third kappa shape index (κ3) is 37.2. The number of phosphoric acid groups is 1. The van der Waals surface area contributed by atoms with E-state index in [1.165, 1.54) is 0 Å². The van der Waals surface area contributed by atoms with Gasteiger partial charge in [0.25, 0.3) is 0 Å². The first-order chi connectivity index (χ1) is 26.1. The number of aliphatic hydroxyl groups excluding tert-OH is 2. The van der Waals surface area contributed by atoms with Crippen molar-refractivity contribution < 1.29 is 48.2 Å². The summed E-state index contributed by atoms with van der Waals surface area (Å²) in [5, 5.41) is 20.5. The molecule has 0 spiro atoms. The van der Waals surface area contributed by atoms with Crippen LogP contribution in [0.2, 0.25) is 0 Å². The predicted molar refractivity (Wildman–Crippen MR) is 218 cm³/mol. The molecule has 0 unspecified atom stereocenters. The summed E-state index contributed by atoms with van der Waals surface area (Å²) in [6.45, 7) is 3.16. The second-order valence-corrected chi connectivity index (χ2v) is 14.0. The van der Waals surface area contributed by atoms with Gasteiger partial charge in [-0.15, -0.1) is 0 Å². The molecule has 0 aromatic heterocycles. The average molecular weight is 777 g/mol. The highest BCUT2D eigenvalue weighted by Crippen LogP contribution is 2.36. The van der Waals surface area contributed by atoms with Crippen molar-refractivity contribution in [2.45, 2.75) is 148 Å². The Hall–Kier alpha value is -3.11. The van der Waals surface area contributed by atoms with E-state index in [2.05, 4.69) is 97.4 Å². The summed E-state index contributed by atoms with van der Waals surface area (Å²) in [6.07, 6.45) is 43.0. The highest BCUT2D eigenvalue weighted by atomic mass is 31.2. The SMILES string of the molecule is CC/C=C\C/C=C\C/C=C\C/C=C\CCCCCCC(=O)O[C@H](COC(=O)CCC[C@H](O)[C@@H](O)C/C=C\C/C=C\C/C=C\C/C=C\CC)COP(=O)(O)O. The number of unbranched alkanes of at least 4 members (excludes halogenated alkanes) is 4. The monoisotopic (exact) mass is 776 g/mol. The lowest BCUT2D eigenvalue weighted by molar-refractivity contribution is -0.161. The van der Waals surface area contributed by atoms with Gasteiger partial charge in [0.2, 0.25) is 0 Å². The molecular formula is C43H69O10P. The zero-order valence-electron chi connectivity index (χ0n) is 32.8. The van der Waals surface area contributed by atoms with E-state index >= 15 is 0 Å². The second-order valence-electron chi connectivity index (χ2n) is 12.8. The van der Waals surface area contributed by atoms with Crippen molar-refractivity contribution in [2.75, 3.05) is 13.2 Å². The van der Waals surface area contributed by atoms with Crippen LogP contribution < -0.4 is 0 Å². The first-order valence-corrected chi connectivity index (χ1v) is 21.2. The van der Waals surface area contributed by atoms with Crippen molar-refractivity contribution in [1.82, 2.24) is 0 Å². The molecule has 0 aliphatic carbocycles. The zero-order chi connectivity index (χ0) is 40.0. The maximum absolute atomic E-state index is 12.4.